The number of nitrogens with zero attached hydrogens (tertiary/aromatic N) is 2. The molecule has 2 N–H and O–H groups in total. The maximum absolute atomic E-state index is 12.5. The third-order valence-corrected chi connectivity index (χ3v) is 6.48. The van der Waals surface area contributed by atoms with E-state index in [1.165, 1.54) is 11.3 Å². The maximum atomic E-state index is 12.5. The van der Waals surface area contributed by atoms with E-state index < -0.39 is 34.4 Å². The van der Waals surface area contributed by atoms with Crippen LogP contribution in [-0.4, -0.2) is 41.4 Å². The van der Waals surface area contributed by atoms with Gasteiger partial charge >= 0.3 is 35.6 Å². The van der Waals surface area contributed by atoms with E-state index in [1.54, 1.807) is 6.07 Å². The fraction of sp³-hybridized carbons (Fsp3) is 0.294. The molecular weight excluding hydrogens is 429 g/mol. The van der Waals surface area contributed by atoms with Crippen molar-refractivity contribution >= 4 is 33.7 Å². The predicted octanol–water partition coefficient (Wildman–Crippen LogP) is -1.31. The van der Waals surface area contributed by atoms with Crippen LogP contribution >= 0.6 is 11.3 Å². The molecule has 3 heterocycles. The first-order chi connectivity index (χ1) is 13.2. The fourth-order valence-corrected chi connectivity index (χ4v) is 5.50. The Labute approximate surface area is 193 Å². The molecule has 29 heavy (non-hydrogen) atoms. The van der Waals surface area contributed by atoms with Crippen LogP contribution in [0.15, 0.2) is 30.3 Å². The van der Waals surface area contributed by atoms with Gasteiger partial charge in [0, 0.05) is 9.75 Å². The molecule has 0 radical (unpaired) electrons. The van der Waals surface area contributed by atoms with Crippen LogP contribution in [0.3, 0.4) is 0 Å². The summed E-state index contributed by atoms with van der Waals surface area (Å²) in [5, 5.41) is 0.520. The summed E-state index contributed by atoms with van der Waals surface area (Å²) < 4.78 is 37.6. The van der Waals surface area contributed by atoms with Gasteiger partial charge in [-0.25, -0.2) is 13.2 Å². The van der Waals surface area contributed by atoms with E-state index in [4.69, 9.17) is 5.73 Å². The number of aryl methyl sites for hydroxylation is 1. The Morgan fingerprint density at radius 2 is 2.07 bits per heavy atom. The molecule has 9 nitrogen and oxygen atoms in total. The van der Waals surface area contributed by atoms with Crippen LogP contribution in [-0.2, 0) is 25.9 Å². The molecule has 0 spiro atoms. The van der Waals surface area contributed by atoms with Gasteiger partial charge in [0.25, 0.3) is 0 Å². The number of nitrogens with two attached hydrogens (primary N) is 1. The van der Waals surface area contributed by atoms with Gasteiger partial charge in [-0.1, -0.05) is 31.2 Å². The van der Waals surface area contributed by atoms with E-state index in [1.807, 2.05) is 31.2 Å². The molecule has 1 aromatic carbocycles. The van der Waals surface area contributed by atoms with Gasteiger partial charge < -0.3 is 15.2 Å². The van der Waals surface area contributed by atoms with Gasteiger partial charge in [-0.2, -0.15) is 9.35 Å². The molecule has 2 aliphatic rings. The first-order valence-corrected chi connectivity index (χ1v) is 10.6. The Morgan fingerprint density at radius 3 is 2.69 bits per heavy atom. The van der Waals surface area contributed by atoms with E-state index >= 15 is 0 Å². The van der Waals surface area contributed by atoms with E-state index in [2.05, 4.69) is 4.28 Å². The Bertz CT molecular complexity index is 1090. The van der Waals surface area contributed by atoms with Crippen LogP contribution in [0, 0.1) is 0 Å². The zero-order valence-corrected chi connectivity index (χ0v) is 19.3. The molecule has 1 fully saturated rings. The monoisotopic (exact) mass is 445 g/mol. The molecule has 148 valence electrons. The summed E-state index contributed by atoms with van der Waals surface area (Å²) in [6, 6.07) is 6.84. The van der Waals surface area contributed by atoms with E-state index in [-0.39, 0.29) is 36.1 Å². The zero-order valence-electron chi connectivity index (χ0n) is 15.7. The Morgan fingerprint density at radius 1 is 1.38 bits per heavy atom. The second kappa shape index (κ2) is 7.99. The summed E-state index contributed by atoms with van der Waals surface area (Å²) >= 11 is 1.32. The van der Waals surface area contributed by atoms with Crippen molar-refractivity contribution in [1.82, 2.24) is 9.96 Å². The minimum atomic E-state index is -5.16. The number of hydrogen-bond acceptors (Lipinski definition) is 7. The number of fused-ring (bicyclic) bond motifs is 4. The molecule has 1 aromatic heterocycles. The van der Waals surface area contributed by atoms with Crippen LogP contribution in [0.25, 0.3) is 10.4 Å². The summed E-state index contributed by atoms with van der Waals surface area (Å²) in [5.74, 6) is -0.739. The Hall–Kier alpha value is -1.47. The molecule has 12 heteroatoms. The average molecular weight is 445 g/mol. The molecule has 2 bridgehead atoms. The van der Waals surface area contributed by atoms with E-state index in [9.17, 15) is 22.6 Å². The number of thiophene rings is 1. The van der Waals surface area contributed by atoms with Crippen LogP contribution < -0.4 is 35.3 Å². The van der Waals surface area contributed by atoms with Gasteiger partial charge in [0.2, 0.25) is 16.3 Å². The first kappa shape index (κ1) is 22.2. The number of hydroxylamine groups is 2. The van der Waals surface area contributed by atoms with Gasteiger partial charge in [0.1, 0.15) is 12.1 Å². The number of urea groups is 1. The molecule has 4 rings (SSSR count). The van der Waals surface area contributed by atoms with Crippen molar-refractivity contribution in [3.63, 3.8) is 0 Å². The van der Waals surface area contributed by atoms with E-state index in [0.717, 1.165) is 27.3 Å². The number of hydrogen-bond donors (Lipinski definition) is 1. The first-order valence-electron chi connectivity index (χ1n) is 8.47. The molecule has 2 atom stereocenters. The van der Waals surface area contributed by atoms with Crippen LogP contribution in [0.1, 0.15) is 35.0 Å². The smallest absolute Gasteiger partial charge is 0.724 e. The third kappa shape index (κ3) is 3.83. The Kier molecular flexibility index (Phi) is 6.12. The second-order valence-electron chi connectivity index (χ2n) is 6.51. The van der Waals surface area contributed by atoms with Crippen molar-refractivity contribution in [3.05, 3.63) is 46.3 Å². The average Bonchev–Trinajstić information content (AvgIpc) is 3.17. The number of amides is 3. The molecule has 2 aromatic rings. The SMILES string of the molecule is CCc1ccccc1-c1cc2c(s1)C(C(N)=O)N1CC2N(OS(=O)(=O)[O-])C1=O.[Na+]. The van der Waals surface area contributed by atoms with Gasteiger partial charge in [0.15, 0.2) is 0 Å². The number of carbonyl (C=O) groups is 2. The quantitative estimate of drug-likeness (QED) is 0.345. The van der Waals surface area contributed by atoms with Crippen molar-refractivity contribution in [2.75, 3.05) is 6.54 Å². The van der Waals surface area contributed by atoms with Gasteiger partial charge in [-0.05, 0) is 29.2 Å². The van der Waals surface area contributed by atoms with Crippen molar-refractivity contribution < 1.29 is 56.4 Å². The van der Waals surface area contributed by atoms with Gasteiger partial charge in [0.05, 0.1) is 6.54 Å². The summed E-state index contributed by atoms with van der Waals surface area (Å²) in [6.07, 6.45) is 0.801. The zero-order chi connectivity index (χ0) is 20.2. The minimum Gasteiger partial charge on any atom is -0.724 e. The summed E-state index contributed by atoms with van der Waals surface area (Å²) in [6.45, 7) is 2.03. The van der Waals surface area contributed by atoms with Crippen LogP contribution in [0.2, 0.25) is 0 Å². The number of benzene rings is 1. The summed E-state index contributed by atoms with van der Waals surface area (Å²) in [4.78, 5) is 27.2. The third-order valence-electron chi connectivity index (χ3n) is 4.90. The topological polar surface area (TPSA) is 133 Å². The molecular formula is C17H16N3NaO6S2. The number of rotatable bonds is 5. The molecule has 2 aliphatic heterocycles. The fourth-order valence-electron chi connectivity index (χ4n) is 3.74. The molecule has 0 aliphatic carbocycles. The van der Waals surface area contributed by atoms with Gasteiger partial charge in [-0.15, -0.1) is 11.3 Å². The van der Waals surface area contributed by atoms with Crippen LogP contribution in [0.4, 0.5) is 4.79 Å². The molecule has 2 unspecified atom stereocenters. The number of primary amides is 1. The van der Waals surface area contributed by atoms with Crippen molar-refractivity contribution in [1.29, 1.82) is 0 Å². The summed E-state index contributed by atoms with van der Waals surface area (Å²) in [5.41, 5.74) is 8.18. The second-order valence-corrected chi connectivity index (χ2v) is 8.55. The standard InChI is InChI=1S/C17H17N3O6S2.Na/c1-2-9-5-3-4-6-10(9)13-7-11-12-8-19(14(16(18)21)15(11)27-13)17(22)20(12)26-28(23,24)25;/h3-7,12,14H,2,8H2,1H3,(H2,18,21)(H,23,24,25);/q;+1/p-1. The van der Waals surface area contributed by atoms with Crippen molar-refractivity contribution in [3.8, 4) is 10.4 Å². The molecule has 1 saturated heterocycles. The largest absolute Gasteiger partial charge is 1.00 e. The van der Waals surface area contributed by atoms with Crippen molar-refractivity contribution in [2.24, 2.45) is 5.73 Å². The predicted molar refractivity (Wildman–Crippen MR) is 98.5 cm³/mol. The molecule has 3 amide bonds. The van der Waals surface area contributed by atoms with Crippen LogP contribution in [0.5, 0.6) is 0 Å². The minimum absolute atomic E-state index is 0. The normalized spacial score (nSPS) is 20.4. The summed E-state index contributed by atoms with van der Waals surface area (Å²) in [7, 11) is -5.16. The van der Waals surface area contributed by atoms with E-state index in [0.29, 0.717) is 15.5 Å². The van der Waals surface area contributed by atoms with Crippen molar-refractivity contribution in [2.45, 2.75) is 25.4 Å². The Balaban J connectivity index is 0.00000240. The maximum Gasteiger partial charge on any atom is 1.00 e. The molecule has 0 saturated carbocycles. The number of carbonyl (C=O) groups excluding carboxylic acids is 2. The van der Waals surface area contributed by atoms with Gasteiger partial charge in [-0.3, -0.25) is 4.79 Å².